The number of amides is 2. The number of hydrogen-bond acceptors (Lipinski definition) is 4. The van der Waals surface area contributed by atoms with Crippen LogP contribution in [0.4, 0.5) is 0 Å². The lowest BCUT2D eigenvalue weighted by molar-refractivity contribution is -0.142. The maximum Gasteiger partial charge on any atom is 0.267 e. The van der Waals surface area contributed by atoms with E-state index in [1.165, 1.54) is 0 Å². The zero-order valence-corrected chi connectivity index (χ0v) is 13.9. The average molecular weight is 330 g/mol. The van der Waals surface area contributed by atoms with Crippen LogP contribution in [-0.2, 0) is 29.0 Å². The molecular formula is C17H22N4O3. The summed E-state index contributed by atoms with van der Waals surface area (Å²) >= 11 is 0. The van der Waals surface area contributed by atoms with Gasteiger partial charge in [-0.15, -0.1) is 0 Å². The molecule has 128 valence electrons. The molecule has 7 nitrogen and oxygen atoms in total. The fourth-order valence-electron chi connectivity index (χ4n) is 3.97. The second-order valence-electron chi connectivity index (χ2n) is 7.27. The first kappa shape index (κ1) is 15.4. The highest BCUT2D eigenvalue weighted by Gasteiger charge is 2.39. The van der Waals surface area contributed by atoms with Gasteiger partial charge in [0.05, 0.1) is 18.2 Å². The molecule has 4 rings (SSSR count). The molecule has 1 atom stereocenters. The highest BCUT2D eigenvalue weighted by atomic mass is 16.2. The van der Waals surface area contributed by atoms with Crippen LogP contribution in [-0.4, -0.2) is 58.1 Å². The van der Waals surface area contributed by atoms with E-state index in [1.807, 2.05) is 0 Å². The van der Waals surface area contributed by atoms with Crippen LogP contribution in [0.5, 0.6) is 0 Å². The second-order valence-corrected chi connectivity index (χ2v) is 7.27. The average Bonchev–Trinajstić information content (AvgIpc) is 3.08. The van der Waals surface area contributed by atoms with E-state index in [0.717, 1.165) is 30.5 Å². The lowest BCUT2D eigenvalue weighted by Crippen LogP contribution is -2.54. The number of nitrogens with zero attached hydrogens (tertiary/aromatic N) is 4. The van der Waals surface area contributed by atoms with Crippen molar-refractivity contribution in [3.63, 3.8) is 0 Å². The number of likely N-dealkylation sites (tertiary alicyclic amines) is 2. The Morgan fingerprint density at radius 1 is 1.25 bits per heavy atom. The number of aryl methyl sites for hydroxylation is 2. The molecule has 1 unspecified atom stereocenters. The van der Waals surface area contributed by atoms with E-state index in [9.17, 15) is 14.4 Å². The van der Waals surface area contributed by atoms with Crippen molar-refractivity contribution in [2.75, 3.05) is 26.7 Å². The van der Waals surface area contributed by atoms with Gasteiger partial charge in [0.2, 0.25) is 11.8 Å². The van der Waals surface area contributed by atoms with Gasteiger partial charge >= 0.3 is 0 Å². The van der Waals surface area contributed by atoms with Crippen LogP contribution >= 0.6 is 0 Å². The van der Waals surface area contributed by atoms with Crippen molar-refractivity contribution in [1.29, 1.82) is 0 Å². The SMILES string of the molecule is CN1CC(C(=O)N2CC(Cn3nc4c(cc3=O)CCC4)C2)CC1=O. The zero-order chi connectivity index (χ0) is 16.8. The first-order chi connectivity index (χ1) is 11.5. The summed E-state index contributed by atoms with van der Waals surface area (Å²) in [6.45, 7) is 2.39. The molecule has 0 radical (unpaired) electrons. The Bertz CT molecular complexity index is 751. The Kier molecular flexibility index (Phi) is 3.66. The van der Waals surface area contributed by atoms with E-state index in [0.29, 0.717) is 32.6 Å². The Balaban J connectivity index is 1.34. The summed E-state index contributed by atoms with van der Waals surface area (Å²) in [6.07, 6.45) is 3.31. The second kappa shape index (κ2) is 5.72. The van der Waals surface area contributed by atoms with Crippen molar-refractivity contribution in [2.45, 2.75) is 32.2 Å². The van der Waals surface area contributed by atoms with Crippen molar-refractivity contribution in [2.24, 2.45) is 11.8 Å². The van der Waals surface area contributed by atoms with E-state index >= 15 is 0 Å². The monoisotopic (exact) mass is 330 g/mol. The molecule has 0 saturated carbocycles. The van der Waals surface area contributed by atoms with Crippen LogP contribution in [0.3, 0.4) is 0 Å². The van der Waals surface area contributed by atoms with E-state index < -0.39 is 0 Å². The van der Waals surface area contributed by atoms with Gasteiger partial charge in [-0.05, 0) is 24.8 Å². The minimum absolute atomic E-state index is 0.0385. The van der Waals surface area contributed by atoms with Crippen LogP contribution < -0.4 is 5.56 Å². The normalized spacial score (nSPS) is 23.5. The summed E-state index contributed by atoms with van der Waals surface area (Å²) < 4.78 is 1.56. The van der Waals surface area contributed by atoms with E-state index in [2.05, 4.69) is 5.10 Å². The smallest absolute Gasteiger partial charge is 0.267 e. The van der Waals surface area contributed by atoms with E-state index in [-0.39, 0.29) is 29.2 Å². The molecular weight excluding hydrogens is 308 g/mol. The molecule has 0 spiro atoms. The molecule has 2 fully saturated rings. The summed E-state index contributed by atoms with van der Waals surface area (Å²) in [5.41, 5.74) is 2.11. The first-order valence-corrected chi connectivity index (χ1v) is 8.64. The molecule has 7 heteroatoms. The predicted octanol–water partition coefficient (Wildman–Crippen LogP) is -0.331. The van der Waals surface area contributed by atoms with Gasteiger partial charge in [-0.3, -0.25) is 14.4 Å². The molecule has 2 aliphatic heterocycles. The number of carbonyl (C=O) groups is 2. The molecule has 2 amide bonds. The molecule has 3 aliphatic rings. The van der Waals surface area contributed by atoms with Crippen LogP contribution in [0.2, 0.25) is 0 Å². The van der Waals surface area contributed by atoms with Crippen molar-refractivity contribution in [3.8, 4) is 0 Å². The third kappa shape index (κ3) is 2.61. The topological polar surface area (TPSA) is 75.5 Å². The van der Waals surface area contributed by atoms with Gasteiger partial charge in [0, 0.05) is 45.1 Å². The van der Waals surface area contributed by atoms with Gasteiger partial charge in [0.15, 0.2) is 0 Å². The summed E-state index contributed by atoms with van der Waals surface area (Å²) in [5, 5.41) is 4.49. The van der Waals surface area contributed by atoms with Crippen molar-refractivity contribution >= 4 is 11.8 Å². The van der Waals surface area contributed by atoms with Crippen molar-refractivity contribution in [3.05, 3.63) is 27.7 Å². The van der Waals surface area contributed by atoms with E-state index in [4.69, 9.17) is 0 Å². The van der Waals surface area contributed by atoms with Crippen LogP contribution in [0.1, 0.15) is 24.1 Å². The number of fused-ring (bicyclic) bond motifs is 1. The maximum absolute atomic E-state index is 12.4. The summed E-state index contributed by atoms with van der Waals surface area (Å²) in [5.74, 6) is 0.176. The van der Waals surface area contributed by atoms with Crippen molar-refractivity contribution in [1.82, 2.24) is 19.6 Å². The molecule has 2 saturated heterocycles. The molecule has 24 heavy (non-hydrogen) atoms. The molecule has 0 bridgehead atoms. The Morgan fingerprint density at radius 2 is 2.04 bits per heavy atom. The van der Waals surface area contributed by atoms with Crippen LogP contribution in [0, 0.1) is 11.8 Å². The van der Waals surface area contributed by atoms with Gasteiger partial charge in [0.1, 0.15) is 0 Å². The summed E-state index contributed by atoms with van der Waals surface area (Å²) in [6, 6.07) is 1.72. The molecule has 0 N–H and O–H groups in total. The van der Waals surface area contributed by atoms with Crippen LogP contribution in [0.15, 0.2) is 10.9 Å². The molecule has 1 aromatic heterocycles. The lowest BCUT2D eigenvalue weighted by Gasteiger charge is -2.40. The quantitative estimate of drug-likeness (QED) is 0.760. The number of hydrogen-bond donors (Lipinski definition) is 0. The Morgan fingerprint density at radius 3 is 2.75 bits per heavy atom. The Labute approximate surface area is 140 Å². The fraction of sp³-hybridized carbons (Fsp3) is 0.647. The minimum atomic E-state index is -0.204. The third-order valence-corrected chi connectivity index (χ3v) is 5.41. The minimum Gasteiger partial charge on any atom is -0.345 e. The molecule has 1 aromatic rings. The molecule has 1 aliphatic carbocycles. The van der Waals surface area contributed by atoms with Gasteiger partial charge in [-0.25, -0.2) is 4.68 Å². The van der Waals surface area contributed by atoms with Gasteiger partial charge < -0.3 is 9.80 Å². The lowest BCUT2D eigenvalue weighted by atomic mass is 9.96. The third-order valence-electron chi connectivity index (χ3n) is 5.41. The summed E-state index contributed by atoms with van der Waals surface area (Å²) in [7, 11) is 1.74. The van der Waals surface area contributed by atoms with Gasteiger partial charge in [-0.1, -0.05) is 0 Å². The number of aromatic nitrogens is 2. The molecule has 0 aromatic carbocycles. The first-order valence-electron chi connectivity index (χ1n) is 8.64. The Hall–Kier alpha value is -2.18. The largest absolute Gasteiger partial charge is 0.345 e. The predicted molar refractivity (Wildman–Crippen MR) is 86.3 cm³/mol. The highest BCUT2D eigenvalue weighted by molar-refractivity contribution is 5.89. The number of rotatable bonds is 3. The molecule has 3 heterocycles. The van der Waals surface area contributed by atoms with Crippen LogP contribution in [0.25, 0.3) is 0 Å². The summed E-state index contributed by atoms with van der Waals surface area (Å²) in [4.78, 5) is 39.5. The van der Waals surface area contributed by atoms with E-state index in [1.54, 1.807) is 27.6 Å². The fourth-order valence-corrected chi connectivity index (χ4v) is 3.97. The van der Waals surface area contributed by atoms with Crippen molar-refractivity contribution < 1.29 is 9.59 Å². The standard InChI is InChI=1S/C17H22N4O3/c1-19-10-13(6-15(19)22)17(24)20-7-11(8-20)9-21-16(23)5-12-3-2-4-14(12)18-21/h5,11,13H,2-4,6-10H2,1H3. The maximum atomic E-state index is 12.4. The zero-order valence-electron chi connectivity index (χ0n) is 13.9. The van der Waals surface area contributed by atoms with Gasteiger partial charge in [0.25, 0.3) is 5.56 Å². The number of carbonyl (C=O) groups excluding carboxylic acids is 2. The van der Waals surface area contributed by atoms with Gasteiger partial charge in [-0.2, -0.15) is 5.10 Å². The highest BCUT2D eigenvalue weighted by Crippen LogP contribution is 2.25.